The minimum absolute atomic E-state index is 1.01. The summed E-state index contributed by atoms with van der Waals surface area (Å²) in [5, 5.41) is 3.38. The Labute approximate surface area is 95.1 Å². The van der Waals surface area contributed by atoms with Crippen LogP contribution in [-0.4, -0.2) is 16.1 Å². The van der Waals surface area contributed by atoms with E-state index in [1.165, 1.54) is 22.6 Å². The van der Waals surface area contributed by atoms with E-state index in [1.807, 2.05) is 12.5 Å². The van der Waals surface area contributed by atoms with E-state index in [-0.39, 0.29) is 0 Å². The number of fused-ring (bicyclic) bond motifs is 1. The van der Waals surface area contributed by atoms with Crippen molar-refractivity contribution in [3.8, 4) is 5.69 Å². The lowest BCUT2D eigenvalue weighted by molar-refractivity contribution is 0.932. The lowest BCUT2D eigenvalue weighted by Crippen LogP contribution is -1.98. The fourth-order valence-electron chi connectivity index (χ4n) is 2.26. The van der Waals surface area contributed by atoms with Crippen LogP contribution in [0.25, 0.3) is 5.69 Å². The van der Waals surface area contributed by atoms with Crippen molar-refractivity contribution in [2.75, 3.05) is 11.9 Å². The molecule has 16 heavy (non-hydrogen) atoms. The largest absolute Gasteiger partial charge is 0.384 e. The highest BCUT2D eigenvalue weighted by molar-refractivity contribution is 5.59. The van der Waals surface area contributed by atoms with Gasteiger partial charge < -0.3 is 9.88 Å². The fraction of sp³-hybridized carbons (Fsp3) is 0.308. The summed E-state index contributed by atoms with van der Waals surface area (Å²) in [4.78, 5) is 4.21. The molecule has 0 saturated carbocycles. The summed E-state index contributed by atoms with van der Waals surface area (Å²) >= 11 is 0. The number of aromatic nitrogens is 2. The van der Waals surface area contributed by atoms with Crippen molar-refractivity contribution in [2.24, 2.45) is 0 Å². The van der Waals surface area contributed by atoms with Gasteiger partial charge in [-0.15, -0.1) is 0 Å². The number of nitrogens with one attached hydrogen (secondary N) is 1. The van der Waals surface area contributed by atoms with E-state index in [9.17, 15) is 0 Å². The maximum atomic E-state index is 4.21. The average Bonchev–Trinajstić information content (AvgIpc) is 2.96. The van der Waals surface area contributed by atoms with Crippen LogP contribution in [0.5, 0.6) is 0 Å². The van der Waals surface area contributed by atoms with E-state index in [0.29, 0.717) is 0 Å². The second kappa shape index (κ2) is 3.67. The van der Waals surface area contributed by atoms with Crippen LogP contribution in [-0.2, 0) is 12.8 Å². The van der Waals surface area contributed by atoms with Gasteiger partial charge in [0.2, 0.25) is 0 Å². The maximum absolute atomic E-state index is 4.21. The van der Waals surface area contributed by atoms with Crippen LogP contribution in [0, 0.1) is 0 Å². The minimum atomic E-state index is 1.01. The van der Waals surface area contributed by atoms with Gasteiger partial charge in [0, 0.05) is 29.8 Å². The normalized spacial score (nSPS) is 13.6. The van der Waals surface area contributed by atoms with Crippen molar-refractivity contribution < 1.29 is 0 Å². The molecule has 2 aromatic rings. The molecule has 1 N–H and O–H groups in total. The van der Waals surface area contributed by atoms with Gasteiger partial charge in [-0.1, -0.05) is 6.92 Å². The summed E-state index contributed by atoms with van der Waals surface area (Å²) in [5.41, 5.74) is 5.16. The van der Waals surface area contributed by atoms with Gasteiger partial charge in [0.05, 0.1) is 6.33 Å². The second-order valence-corrected chi connectivity index (χ2v) is 4.13. The molecule has 0 aliphatic carbocycles. The molecule has 0 radical (unpaired) electrons. The smallest absolute Gasteiger partial charge is 0.0994 e. The van der Waals surface area contributed by atoms with Crippen LogP contribution in [0.15, 0.2) is 30.7 Å². The molecule has 1 aliphatic rings. The SMILES string of the molecule is CCc1cncn1-c1ccc2c(c1)CCN2. The van der Waals surface area contributed by atoms with Gasteiger partial charge in [-0.05, 0) is 36.6 Å². The van der Waals surface area contributed by atoms with Crippen LogP contribution >= 0.6 is 0 Å². The maximum Gasteiger partial charge on any atom is 0.0994 e. The number of hydrogen-bond acceptors (Lipinski definition) is 2. The zero-order valence-electron chi connectivity index (χ0n) is 9.40. The van der Waals surface area contributed by atoms with Gasteiger partial charge >= 0.3 is 0 Å². The molecule has 1 aliphatic heterocycles. The highest BCUT2D eigenvalue weighted by Crippen LogP contribution is 2.25. The molecule has 1 aromatic carbocycles. The van der Waals surface area contributed by atoms with Gasteiger partial charge in [-0.3, -0.25) is 0 Å². The first kappa shape index (κ1) is 9.46. The van der Waals surface area contributed by atoms with Gasteiger partial charge in [-0.2, -0.15) is 0 Å². The van der Waals surface area contributed by atoms with Crippen LogP contribution in [0.1, 0.15) is 18.2 Å². The average molecular weight is 213 g/mol. The third-order valence-electron chi connectivity index (χ3n) is 3.15. The van der Waals surface area contributed by atoms with E-state index in [2.05, 4.69) is 40.0 Å². The topological polar surface area (TPSA) is 29.9 Å². The Morgan fingerprint density at radius 1 is 1.44 bits per heavy atom. The third-order valence-corrected chi connectivity index (χ3v) is 3.15. The Balaban J connectivity index is 2.07. The molecule has 1 aromatic heterocycles. The first-order valence-corrected chi connectivity index (χ1v) is 5.77. The van der Waals surface area contributed by atoms with E-state index in [4.69, 9.17) is 0 Å². The quantitative estimate of drug-likeness (QED) is 0.830. The summed E-state index contributed by atoms with van der Waals surface area (Å²) in [6.07, 6.45) is 5.96. The molecule has 3 rings (SSSR count). The van der Waals surface area contributed by atoms with Crippen LogP contribution in [0.2, 0.25) is 0 Å². The zero-order valence-corrected chi connectivity index (χ0v) is 9.40. The molecule has 0 bridgehead atoms. The predicted octanol–water partition coefficient (Wildman–Crippen LogP) is 2.40. The lowest BCUT2D eigenvalue weighted by Gasteiger charge is -2.08. The predicted molar refractivity (Wildman–Crippen MR) is 65.1 cm³/mol. The van der Waals surface area contributed by atoms with Crippen LogP contribution in [0.3, 0.4) is 0 Å². The van der Waals surface area contributed by atoms with Crippen molar-refractivity contribution in [1.29, 1.82) is 0 Å². The number of rotatable bonds is 2. The summed E-state index contributed by atoms with van der Waals surface area (Å²) in [6.45, 7) is 3.21. The molecule has 3 nitrogen and oxygen atoms in total. The Morgan fingerprint density at radius 2 is 2.38 bits per heavy atom. The molecule has 0 saturated heterocycles. The Bertz CT molecular complexity index is 514. The third kappa shape index (κ3) is 1.40. The molecule has 0 atom stereocenters. The van der Waals surface area contributed by atoms with Crippen LogP contribution in [0.4, 0.5) is 5.69 Å². The number of hydrogen-bond donors (Lipinski definition) is 1. The zero-order chi connectivity index (χ0) is 11.0. The highest BCUT2D eigenvalue weighted by atomic mass is 15.0. The van der Waals surface area contributed by atoms with Gasteiger partial charge in [0.1, 0.15) is 0 Å². The van der Waals surface area contributed by atoms with Crippen molar-refractivity contribution in [3.05, 3.63) is 42.0 Å². The summed E-state index contributed by atoms with van der Waals surface area (Å²) < 4.78 is 2.17. The molecule has 0 fully saturated rings. The number of benzene rings is 1. The van der Waals surface area contributed by atoms with Crippen molar-refractivity contribution in [1.82, 2.24) is 9.55 Å². The summed E-state index contributed by atoms with van der Waals surface area (Å²) in [5.74, 6) is 0. The first-order valence-electron chi connectivity index (χ1n) is 5.77. The molecule has 82 valence electrons. The van der Waals surface area contributed by atoms with Crippen LogP contribution < -0.4 is 5.32 Å². The Hall–Kier alpha value is -1.77. The molecule has 0 unspecified atom stereocenters. The number of nitrogens with zero attached hydrogens (tertiary/aromatic N) is 2. The molecular weight excluding hydrogens is 198 g/mol. The molecular formula is C13H15N3. The second-order valence-electron chi connectivity index (χ2n) is 4.13. The van der Waals surface area contributed by atoms with E-state index >= 15 is 0 Å². The van der Waals surface area contributed by atoms with Crippen molar-refractivity contribution >= 4 is 5.69 Å². The molecule has 3 heteroatoms. The van der Waals surface area contributed by atoms with Gasteiger partial charge in [0.25, 0.3) is 0 Å². The summed E-state index contributed by atoms with van der Waals surface area (Å²) in [7, 11) is 0. The molecule has 2 heterocycles. The standard InChI is InChI=1S/C13H15N3/c1-2-11-8-14-9-16(11)12-3-4-13-10(7-12)5-6-15-13/h3-4,7-9,15H,2,5-6H2,1H3. The molecule has 0 spiro atoms. The lowest BCUT2D eigenvalue weighted by atomic mass is 10.1. The first-order chi connectivity index (χ1) is 7.88. The van der Waals surface area contributed by atoms with Crippen molar-refractivity contribution in [3.63, 3.8) is 0 Å². The minimum Gasteiger partial charge on any atom is -0.384 e. The number of aryl methyl sites for hydroxylation is 1. The Morgan fingerprint density at radius 3 is 3.25 bits per heavy atom. The Kier molecular flexibility index (Phi) is 2.17. The van der Waals surface area contributed by atoms with E-state index in [0.717, 1.165) is 19.4 Å². The van der Waals surface area contributed by atoms with Gasteiger partial charge in [0.15, 0.2) is 0 Å². The number of anilines is 1. The molecule has 0 amide bonds. The fourth-order valence-corrected chi connectivity index (χ4v) is 2.26. The van der Waals surface area contributed by atoms with Gasteiger partial charge in [-0.25, -0.2) is 4.98 Å². The monoisotopic (exact) mass is 213 g/mol. The highest BCUT2D eigenvalue weighted by Gasteiger charge is 2.11. The number of imidazole rings is 1. The van der Waals surface area contributed by atoms with Crippen molar-refractivity contribution in [2.45, 2.75) is 19.8 Å². The van der Waals surface area contributed by atoms with E-state index < -0.39 is 0 Å². The van der Waals surface area contributed by atoms with E-state index in [1.54, 1.807) is 0 Å². The summed E-state index contributed by atoms with van der Waals surface area (Å²) in [6, 6.07) is 6.57.